The first kappa shape index (κ1) is 18.3. The van der Waals surface area contributed by atoms with Crippen molar-refractivity contribution in [2.45, 2.75) is 39.8 Å². The predicted octanol–water partition coefficient (Wildman–Crippen LogP) is 2.52. The Balaban J connectivity index is 2.81. The van der Waals surface area contributed by atoms with Gasteiger partial charge in [0.15, 0.2) is 11.5 Å². The zero-order chi connectivity index (χ0) is 16.7. The van der Waals surface area contributed by atoms with Gasteiger partial charge in [0.2, 0.25) is 5.91 Å². The van der Waals surface area contributed by atoms with Gasteiger partial charge < -0.3 is 20.1 Å². The van der Waals surface area contributed by atoms with Crippen molar-refractivity contribution in [1.29, 1.82) is 0 Å². The lowest BCUT2D eigenvalue weighted by Gasteiger charge is -2.20. The van der Waals surface area contributed by atoms with E-state index in [1.165, 1.54) is 0 Å². The van der Waals surface area contributed by atoms with E-state index in [-0.39, 0.29) is 24.0 Å². The van der Waals surface area contributed by atoms with Crippen LogP contribution in [0.3, 0.4) is 0 Å². The first-order valence-corrected chi connectivity index (χ1v) is 7.68. The van der Waals surface area contributed by atoms with Gasteiger partial charge in [-0.2, -0.15) is 0 Å². The Morgan fingerprint density at radius 2 is 1.86 bits per heavy atom. The Morgan fingerprint density at radius 1 is 1.18 bits per heavy atom. The van der Waals surface area contributed by atoms with Crippen molar-refractivity contribution in [2.24, 2.45) is 5.92 Å². The summed E-state index contributed by atoms with van der Waals surface area (Å²) in [7, 11) is 3.45. The fourth-order valence-corrected chi connectivity index (χ4v) is 2.14. The highest BCUT2D eigenvalue weighted by Gasteiger charge is 2.17. The minimum Gasteiger partial charge on any atom is -0.493 e. The van der Waals surface area contributed by atoms with E-state index in [9.17, 15) is 4.79 Å². The molecule has 2 unspecified atom stereocenters. The van der Waals surface area contributed by atoms with Gasteiger partial charge in [-0.25, -0.2) is 0 Å². The molecule has 0 heterocycles. The average molecular weight is 308 g/mol. The van der Waals surface area contributed by atoms with Gasteiger partial charge in [-0.15, -0.1) is 0 Å². The quantitative estimate of drug-likeness (QED) is 0.775. The number of methoxy groups -OCH3 is 1. The Hall–Kier alpha value is -1.75. The second-order valence-electron chi connectivity index (χ2n) is 5.77. The molecule has 0 aliphatic rings. The maximum Gasteiger partial charge on any atom is 0.224 e. The molecule has 5 nitrogen and oxygen atoms in total. The standard InChI is InChI=1S/C17H28N2O3/c1-11(2)22-15-8-7-14(9-16(15)21-6)13(4)19-17(20)12(3)10-18-5/h7-9,11-13,18H,10H2,1-6H3,(H,19,20). The van der Waals surface area contributed by atoms with Crippen LogP contribution in [0.25, 0.3) is 0 Å². The summed E-state index contributed by atoms with van der Waals surface area (Å²) in [6.45, 7) is 8.46. The van der Waals surface area contributed by atoms with E-state index in [2.05, 4.69) is 10.6 Å². The molecule has 0 aliphatic carbocycles. The summed E-state index contributed by atoms with van der Waals surface area (Å²) in [5, 5.41) is 6.02. The summed E-state index contributed by atoms with van der Waals surface area (Å²) in [5.41, 5.74) is 0.984. The summed E-state index contributed by atoms with van der Waals surface area (Å²) in [5.74, 6) is 1.35. The van der Waals surface area contributed by atoms with Crippen molar-refractivity contribution >= 4 is 5.91 Å². The highest BCUT2D eigenvalue weighted by atomic mass is 16.5. The van der Waals surface area contributed by atoms with E-state index in [1.54, 1.807) is 7.11 Å². The van der Waals surface area contributed by atoms with E-state index in [4.69, 9.17) is 9.47 Å². The lowest BCUT2D eigenvalue weighted by Crippen LogP contribution is -2.35. The largest absolute Gasteiger partial charge is 0.493 e. The lowest BCUT2D eigenvalue weighted by molar-refractivity contribution is -0.125. The van der Waals surface area contributed by atoms with Gasteiger partial charge in [0.1, 0.15) is 0 Å². The summed E-state index contributed by atoms with van der Waals surface area (Å²) < 4.78 is 11.1. The van der Waals surface area contributed by atoms with Gasteiger partial charge in [-0.05, 0) is 45.5 Å². The van der Waals surface area contributed by atoms with Gasteiger partial charge in [-0.1, -0.05) is 13.0 Å². The first-order valence-electron chi connectivity index (χ1n) is 7.68. The number of nitrogens with one attached hydrogen (secondary N) is 2. The summed E-state index contributed by atoms with van der Waals surface area (Å²) >= 11 is 0. The molecular weight excluding hydrogens is 280 g/mol. The molecule has 1 amide bonds. The minimum absolute atomic E-state index is 0.0309. The highest BCUT2D eigenvalue weighted by molar-refractivity contribution is 5.79. The van der Waals surface area contributed by atoms with E-state index >= 15 is 0 Å². The van der Waals surface area contributed by atoms with Crippen molar-refractivity contribution in [3.63, 3.8) is 0 Å². The number of amides is 1. The molecule has 124 valence electrons. The SMILES string of the molecule is CNCC(C)C(=O)NC(C)c1ccc(OC(C)C)c(OC)c1. The molecule has 2 N–H and O–H groups in total. The third-order valence-electron chi connectivity index (χ3n) is 3.37. The van der Waals surface area contributed by atoms with Crippen molar-refractivity contribution in [2.75, 3.05) is 20.7 Å². The zero-order valence-corrected chi connectivity index (χ0v) is 14.4. The molecule has 0 spiro atoms. The third-order valence-corrected chi connectivity index (χ3v) is 3.37. The van der Waals surface area contributed by atoms with Gasteiger partial charge in [-0.3, -0.25) is 4.79 Å². The van der Waals surface area contributed by atoms with Crippen LogP contribution in [-0.2, 0) is 4.79 Å². The molecule has 0 saturated heterocycles. The molecular formula is C17H28N2O3. The molecule has 0 radical (unpaired) electrons. The number of hydrogen-bond donors (Lipinski definition) is 2. The molecule has 2 atom stereocenters. The molecule has 0 aromatic heterocycles. The van der Waals surface area contributed by atoms with Crippen LogP contribution in [0.15, 0.2) is 18.2 Å². The molecule has 1 rings (SSSR count). The van der Waals surface area contributed by atoms with E-state index in [0.29, 0.717) is 18.0 Å². The second-order valence-corrected chi connectivity index (χ2v) is 5.77. The molecule has 1 aromatic carbocycles. The van der Waals surface area contributed by atoms with Gasteiger partial charge in [0, 0.05) is 12.5 Å². The summed E-state index contributed by atoms with van der Waals surface area (Å²) in [6, 6.07) is 5.65. The normalized spacial score (nSPS) is 13.6. The molecule has 1 aromatic rings. The first-order chi connectivity index (χ1) is 10.4. The van der Waals surface area contributed by atoms with Crippen LogP contribution in [0.2, 0.25) is 0 Å². The maximum absolute atomic E-state index is 12.1. The maximum atomic E-state index is 12.1. The van der Waals surface area contributed by atoms with Crippen LogP contribution in [-0.4, -0.2) is 32.7 Å². The number of rotatable bonds is 8. The van der Waals surface area contributed by atoms with E-state index in [1.807, 2.05) is 52.9 Å². The molecule has 0 bridgehead atoms. The Kier molecular flexibility index (Phi) is 7.18. The molecule has 5 heteroatoms. The minimum atomic E-state index is -0.0891. The molecule has 0 fully saturated rings. The highest BCUT2D eigenvalue weighted by Crippen LogP contribution is 2.31. The topological polar surface area (TPSA) is 59.6 Å². The lowest BCUT2D eigenvalue weighted by atomic mass is 10.1. The third kappa shape index (κ3) is 5.22. The monoisotopic (exact) mass is 308 g/mol. The number of carbonyl (C=O) groups excluding carboxylic acids is 1. The molecule has 22 heavy (non-hydrogen) atoms. The van der Waals surface area contributed by atoms with Crippen molar-refractivity contribution in [3.8, 4) is 11.5 Å². The van der Waals surface area contributed by atoms with Gasteiger partial charge >= 0.3 is 0 Å². The van der Waals surface area contributed by atoms with Crippen LogP contribution in [0.5, 0.6) is 11.5 Å². The summed E-state index contributed by atoms with van der Waals surface area (Å²) in [6.07, 6.45) is 0.0827. The molecule has 0 aliphatic heterocycles. The van der Waals surface area contributed by atoms with Crippen molar-refractivity contribution in [1.82, 2.24) is 10.6 Å². The number of carbonyl (C=O) groups is 1. The van der Waals surface area contributed by atoms with Crippen LogP contribution in [0, 0.1) is 5.92 Å². The molecule has 0 saturated carbocycles. The van der Waals surface area contributed by atoms with Gasteiger partial charge in [0.05, 0.1) is 19.3 Å². The predicted molar refractivity (Wildman–Crippen MR) is 88.4 cm³/mol. The Labute approximate surface area is 133 Å². The average Bonchev–Trinajstić information content (AvgIpc) is 2.47. The second kappa shape index (κ2) is 8.63. The number of benzene rings is 1. The summed E-state index contributed by atoms with van der Waals surface area (Å²) in [4.78, 5) is 12.1. The fourth-order valence-electron chi connectivity index (χ4n) is 2.14. The fraction of sp³-hybridized carbons (Fsp3) is 0.588. The zero-order valence-electron chi connectivity index (χ0n) is 14.4. The Bertz CT molecular complexity index is 489. The van der Waals surface area contributed by atoms with Crippen LogP contribution < -0.4 is 20.1 Å². The van der Waals surface area contributed by atoms with Crippen LogP contribution in [0.1, 0.15) is 39.3 Å². The van der Waals surface area contributed by atoms with Crippen molar-refractivity contribution in [3.05, 3.63) is 23.8 Å². The Morgan fingerprint density at radius 3 is 2.41 bits per heavy atom. The van der Waals surface area contributed by atoms with Crippen LogP contribution >= 0.6 is 0 Å². The van der Waals surface area contributed by atoms with Gasteiger partial charge in [0.25, 0.3) is 0 Å². The van der Waals surface area contributed by atoms with E-state index in [0.717, 1.165) is 5.56 Å². The number of ether oxygens (including phenoxy) is 2. The smallest absolute Gasteiger partial charge is 0.224 e. The van der Waals surface area contributed by atoms with E-state index < -0.39 is 0 Å². The number of hydrogen-bond acceptors (Lipinski definition) is 4. The van der Waals surface area contributed by atoms with Crippen molar-refractivity contribution < 1.29 is 14.3 Å². The van der Waals surface area contributed by atoms with Crippen LogP contribution in [0.4, 0.5) is 0 Å².